The molecule has 1 aromatic carbocycles. The number of benzene rings is 1. The molecular weight excluding hydrogens is 266 g/mol. The van der Waals surface area contributed by atoms with E-state index < -0.39 is 5.97 Å². The van der Waals surface area contributed by atoms with Crippen molar-refractivity contribution < 1.29 is 14.6 Å². The molecule has 0 atom stereocenters. The van der Waals surface area contributed by atoms with Crippen LogP contribution < -0.4 is 10.5 Å². The average molecular weight is 293 g/mol. The molecular formula is C17H27NO3. The van der Waals surface area contributed by atoms with Gasteiger partial charge in [0.15, 0.2) is 0 Å². The minimum absolute atomic E-state index is 0.187. The van der Waals surface area contributed by atoms with Crippen molar-refractivity contribution in [2.24, 2.45) is 0 Å². The third kappa shape index (κ3) is 7.02. The highest BCUT2D eigenvalue weighted by atomic mass is 16.5. The van der Waals surface area contributed by atoms with E-state index in [4.69, 9.17) is 15.6 Å². The van der Waals surface area contributed by atoms with E-state index in [1.807, 2.05) is 0 Å². The van der Waals surface area contributed by atoms with E-state index in [1.54, 1.807) is 6.07 Å². The first-order valence-electron chi connectivity index (χ1n) is 7.90. The Labute approximate surface area is 127 Å². The molecule has 0 radical (unpaired) electrons. The number of carboxylic acid groups (broad SMARTS) is 1. The van der Waals surface area contributed by atoms with Crippen LogP contribution in [0.5, 0.6) is 5.75 Å². The van der Waals surface area contributed by atoms with Gasteiger partial charge in [0.05, 0.1) is 17.9 Å². The molecule has 0 fully saturated rings. The Bertz CT molecular complexity index is 432. The maximum Gasteiger partial charge on any atom is 0.335 e. The van der Waals surface area contributed by atoms with Crippen molar-refractivity contribution in [3.05, 3.63) is 23.8 Å². The normalized spacial score (nSPS) is 10.5. The number of aromatic carboxylic acids is 1. The molecule has 0 bridgehead atoms. The fourth-order valence-corrected chi connectivity index (χ4v) is 2.23. The van der Waals surface area contributed by atoms with Crippen LogP contribution >= 0.6 is 0 Å². The Morgan fingerprint density at radius 2 is 1.71 bits per heavy atom. The summed E-state index contributed by atoms with van der Waals surface area (Å²) in [6.07, 6.45) is 10.0. The summed E-state index contributed by atoms with van der Waals surface area (Å²) in [6.45, 7) is 2.86. The standard InChI is InChI=1S/C17H27NO3/c1-2-3-4-5-6-7-8-9-12-21-16-11-10-14(17(19)20)13-15(16)18/h10-11,13H,2-9,12,18H2,1H3,(H,19,20). The third-order valence-corrected chi connectivity index (χ3v) is 3.51. The van der Waals surface area contributed by atoms with Crippen molar-refractivity contribution >= 4 is 11.7 Å². The van der Waals surface area contributed by atoms with Gasteiger partial charge < -0.3 is 15.6 Å². The van der Waals surface area contributed by atoms with E-state index in [-0.39, 0.29) is 5.56 Å². The lowest BCUT2D eigenvalue weighted by Gasteiger charge is -2.09. The second-order valence-corrected chi connectivity index (χ2v) is 5.38. The van der Waals surface area contributed by atoms with Gasteiger partial charge in [-0.05, 0) is 24.6 Å². The predicted octanol–water partition coefficient (Wildman–Crippen LogP) is 4.49. The van der Waals surface area contributed by atoms with Gasteiger partial charge in [0.25, 0.3) is 0 Å². The smallest absolute Gasteiger partial charge is 0.335 e. The Morgan fingerprint density at radius 1 is 1.10 bits per heavy atom. The molecule has 21 heavy (non-hydrogen) atoms. The average Bonchev–Trinajstić information content (AvgIpc) is 2.46. The summed E-state index contributed by atoms with van der Waals surface area (Å²) in [4.78, 5) is 10.8. The van der Waals surface area contributed by atoms with E-state index in [0.29, 0.717) is 18.0 Å². The number of ether oxygens (including phenoxy) is 1. The van der Waals surface area contributed by atoms with Gasteiger partial charge in [0.1, 0.15) is 5.75 Å². The number of hydrogen-bond acceptors (Lipinski definition) is 3. The molecule has 4 nitrogen and oxygen atoms in total. The van der Waals surface area contributed by atoms with E-state index in [0.717, 1.165) is 6.42 Å². The van der Waals surface area contributed by atoms with Gasteiger partial charge in [0, 0.05) is 0 Å². The molecule has 0 aliphatic rings. The molecule has 0 saturated carbocycles. The maximum absolute atomic E-state index is 10.8. The van der Waals surface area contributed by atoms with Crippen LogP contribution in [0.1, 0.15) is 68.6 Å². The zero-order valence-corrected chi connectivity index (χ0v) is 12.9. The second-order valence-electron chi connectivity index (χ2n) is 5.38. The van der Waals surface area contributed by atoms with Gasteiger partial charge in [-0.15, -0.1) is 0 Å². The van der Waals surface area contributed by atoms with Crippen molar-refractivity contribution in [2.45, 2.75) is 58.3 Å². The van der Waals surface area contributed by atoms with Gasteiger partial charge in [-0.3, -0.25) is 0 Å². The van der Waals surface area contributed by atoms with Crippen LogP contribution in [0, 0.1) is 0 Å². The molecule has 0 heterocycles. The molecule has 0 amide bonds. The molecule has 1 aromatic rings. The van der Waals surface area contributed by atoms with Gasteiger partial charge in [0.2, 0.25) is 0 Å². The minimum Gasteiger partial charge on any atom is -0.491 e. The number of carboxylic acids is 1. The summed E-state index contributed by atoms with van der Waals surface area (Å²) in [7, 11) is 0. The number of rotatable bonds is 11. The summed E-state index contributed by atoms with van der Waals surface area (Å²) in [5, 5.41) is 8.85. The molecule has 3 N–H and O–H groups in total. The molecule has 0 aliphatic carbocycles. The van der Waals surface area contributed by atoms with Gasteiger partial charge in [-0.1, -0.05) is 51.9 Å². The lowest BCUT2D eigenvalue weighted by atomic mass is 10.1. The van der Waals surface area contributed by atoms with Crippen molar-refractivity contribution in [3.63, 3.8) is 0 Å². The summed E-state index contributed by atoms with van der Waals surface area (Å²) in [5.74, 6) is -0.403. The van der Waals surface area contributed by atoms with Crippen molar-refractivity contribution in [1.82, 2.24) is 0 Å². The first kappa shape index (κ1) is 17.3. The lowest BCUT2D eigenvalue weighted by Crippen LogP contribution is -2.03. The minimum atomic E-state index is -0.976. The van der Waals surface area contributed by atoms with Crippen molar-refractivity contribution in [3.8, 4) is 5.75 Å². The van der Waals surface area contributed by atoms with Gasteiger partial charge in [-0.2, -0.15) is 0 Å². The zero-order chi connectivity index (χ0) is 15.5. The molecule has 0 aromatic heterocycles. The summed E-state index contributed by atoms with van der Waals surface area (Å²) in [6, 6.07) is 4.58. The van der Waals surface area contributed by atoms with E-state index >= 15 is 0 Å². The molecule has 0 unspecified atom stereocenters. The van der Waals surface area contributed by atoms with Crippen LogP contribution in [0.3, 0.4) is 0 Å². The molecule has 0 aliphatic heterocycles. The second kappa shape index (κ2) is 10.1. The third-order valence-electron chi connectivity index (χ3n) is 3.51. The topological polar surface area (TPSA) is 72.5 Å². The van der Waals surface area contributed by atoms with Crippen LogP contribution in [0.15, 0.2) is 18.2 Å². The Balaban J connectivity index is 2.14. The highest BCUT2D eigenvalue weighted by Crippen LogP contribution is 2.23. The molecule has 118 valence electrons. The number of carbonyl (C=O) groups is 1. The number of nitrogen functional groups attached to an aromatic ring is 1. The van der Waals surface area contributed by atoms with Crippen LogP contribution in [-0.2, 0) is 0 Å². The first-order chi connectivity index (χ1) is 10.1. The monoisotopic (exact) mass is 293 g/mol. The Hall–Kier alpha value is -1.71. The summed E-state index contributed by atoms with van der Waals surface area (Å²) >= 11 is 0. The quantitative estimate of drug-likeness (QED) is 0.466. The number of unbranched alkanes of at least 4 members (excludes halogenated alkanes) is 7. The van der Waals surface area contributed by atoms with Crippen molar-refractivity contribution in [2.75, 3.05) is 12.3 Å². The van der Waals surface area contributed by atoms with Crippen LogP contribution in [0.25, 0.3) is 0 Å². The van der Waals surface area contributed by atoms with Gasteiger partial charge in [-0.25, -0.2) is 4.79 Å². The Morgan fingerprint density at radius 3 is 2.29 bits per heavy atom. The molecule has 0 saturated heterocycles. The zero-order valence-electron chi connectivity index (χ0n) is 12.9. The summed E-state index contributed by atoms with van der Waals surface area (Å²) < 4.78 is 5.60. The van der Waals surface area contributed by atoms with E-state index in [2.05, 4.69) is 6.92 Å². The highest BCUT2D eigenvalue weighted by Gasteiger charge is 2.06. The molecule has 0 spiro atoms. The molecule has 4 heteroatoms. The van der Waals surface area contributed by atoms with Gasteiger partial charge >= 0.3 is 5.97 Å². The largest absolute Gasteiger partial charge is 0.491 e. The highest BCUT2D eigenvalue weighted by molar-refractivity contribution is 5.89. The van der Waals surface area contributed by atoms with Crippen molar-refractivity contribution in [1.29, 1.82) is 0 Å². The summed E-state index contributed by atoms with van der Waals surface area (Å²) in [5.41, 5.74) is 6.35. The SMILES string of the molecule is CCCCCCCCCCOc1ccc(C(=O)O)cc1N. The Kier molecular flexibility index (Phi) is 8.32. The predicted molar refractivity (Wildman–Crippen MR) is 85.9 cm³/mol. The van der Waals surface area contributed by atoms with Crippen LogP contribution in [0.2, 0.25) is 0 Å². The van der Waals surface area contributed by atoms with E-state index in [9.17, 15) is 4.79 Å². The van der Waals surface area contributed by atoms with E-state index in [1.165, 1.54) is 57.1 Å². The molecule has 1 rings (SSSR count). The number of hydrogen-bond donors (Lipinski definition) is 2. The van der Waals surface area contributed by atoms with Crippen LogP contribution in [0.4, 0.5) is 5.69 Å². The fourth-order valence-electron chi connectivity index (χ4n) is 2.23. The fraction of sp³-hybridized carbons (Fsp3) is 0.588. The maximum atomic E-state index is 10.8. The first-order valence-corrected chi connectivity index (χ1v) is 7.90. The number of anilines is 1. The lowest BCUT2D eigenvalue weighted by molar-refractivity contribution is 0.0697. The number of nitrogens with two attached hydrogens (primary N) is 1. The van der Waals surface area contributed by atoms with Crippen LogP contribution in [-0.4, -0.2) is 17.7 Å².